The molecule has 1 aromatic carbocycles. The van der Waals surface area contributed by atoms with E-state index in [0.29, 0.717) is 24.5 Å². The maximum Gasteiger partial charge on any atom is 0.253 e. The number of benzene rings is 1. The molecule has 0 amide bonds. The van der Waals surface area contributed by atoms with Crippen molar-refractivity contribution in [3.8, 4) is 0 Å². The second-order valence-electron chi connectivity index (χ2n) is 8.63. The second-order valence-corrected chi connectivity index (χ2v) is 8.63. The molecule has 1 atom stereocenters. The van der Waals surface area contributed by atoms with Gasteiger partial charge in [0.25, 0.3) is 5.56 Å². The standard InChI is InChI=1S/C23H33N7O2/c1-5-6-28-7-9-29(10-8-28)21(22-25-26-27-30(22)11-12-32-4)19-15-18-17(3)13-16(2)14-20(18)24-23(19)31/h13-15,21H,5-12H2,1-4H3,(H,24,31)/t21-/m1/s1. The van der Waals surface area contributed by atoms with Gasteiger partial charge < -0.3 is 14.6 Å². The number of tetrazole rings is 1. The molecule has 1 fully saturated rings. The Kier molecular flexibility index (Phi) is 6.98. The van der Waals surface area contributed by atoms with E-state index in [2.05, 4.69) is 50.2 Å². The van der Waals surface area contributed by atoms with Gasteiger partial charge in [-0.2, -0.15) is 0 Å². The highest BCUT2D eigenvalue weighted by Crippen LogP contribution is 2.29. The summed E-state index contributed by atoms with van der Waals surface area (Å²) >= 11 is 0. The topological polar surface area (TPSA) is 92.2 Å². The van der Waals surface area contributed by atoms with E-state index in [1.165, 1.54) is 0 Å². The van der Waals surface area contributed by atoms with Crippen LogP contribution in [-0.4, -0.2) is 81.4 Å². The Bertz CT molecular complexity index is 1120. The highest BCUT2D eigenvalue weighted by atomic mass is 16.5. The Morgan fingerprint density at radius 2 is 1.91 bits per heavy atom. The summed E-state index contributed by atoms with van der Waals surface area (Å²) < 4.78 is 7.01. The number of aryl methyl sites for hydroxylation is 2. The van der Waals surface area contributed by atoms with E-state index in [1.807, 2.05) is 19.1 Å². The maximum atomic E-state index is 13.3. The molecule has 9 heteroatoms. The molecule has 172 valence electrons. The van der Waals surface area contributed by atoms with Gasteiger partial charge in [-0.15, -0.1) is 5.10 Å². The SMILES string of the molecule is CCCN1CCN([C@H](c2cc3c(C)cc(C)cc3[nH]c2=O)c2nnnn2CCOC)CC1. The van der Waals surface area contributed by atoms with Crippen LogP contribution in [0.3, 0.4) is 0 Å². The number of ether oxygens (including phenoxy) is 1. The lowest BCUT2D eigenvalue weighted by Crippen LogP contribution is -2.49. The number of nitrogens with one attached hydrogen (secondary N) is 1. The fraction of sp³-hybridized carbons (Fsp3) is 0.565. The summed E-state index contributed by atoms with van der Waals surface area (Å²) in [4.78, 5) is 21.3. The molecule has 3 heterocycles. The number of rotatable bonds is 8. The number of nitrogens with zero attached hydrogens (tertiary/aromatic N) is 6. The molecule has 32 heavy (non-hydrogen) atoms. The number of piperazine rings is 1. The van der Waals surface area contributed by atoms with Crippen LogP contribution in [0.15, 0.2) is 23.0 Å². The van der Waals surface area contributed by atoms with E-state index in [9.17, 15) is 4.79 Å². The van der Waals surface area contributed by atoms with Crippen LogP contribution in [0, 0.1) is 13.8 Å². The molecule has 3 aromatic rings. The molecule has 0 saturated carbocycles. The van der Waals surface area contributed by atoms with Gasteiger partial charge in [-0.05, 0) is 60.5 Å². The average Bonchev–Trinajstić information content (AvgIpc) is 3.22. The summed E-state index contributed by atoms with van der Waals surface area (Å²) in [6, 6.07) is 5.88. The van der Waals surface area contributed by atoms with Crippen LogP contribution in [0.5, 0.6) is 0 Å². The lowest BCUT2D eigenvalue weighted by atomic mass is 9.99. The van der Waals surface area contributed by atoms with Crippen molar-refractivity contribution >= 4 is 10.9 Å². The van der Waals surface area contributed by atoms with E-state index in [-0.39, 0.29) is 11.6 Å². The molecule has 1 aliphatic rings. The molecule has 1 aliphatic heterocycles. The summed E-state index contributed by atoms with van der Waals surface area (Å²) in [5.41, 5.74) is 3.72. The number of fused-ring (bicyclic) bond motifs is 1. The van der Waals surface area contributed by atoms with Crippen molar-refractivity contribution in [3.05, 3.63) is 51.1 Å². The summed E-state index contributed by atoms with van der Waals surface area (Å²) in [6.07, 6.45) is 1.14. The molecule has 0 spiro atoms. The van der Waals surface area contributed by atoms with Crippen LogP contribution >= 0.6 is 0 Å². The molecule has 0 aliphatic carbocycles. The predicted molar refractivity (Wildman–Crippen MR) is 124 cm³/mol. The first kappa shape index (κ1) is 22.6. The van der Waals surface area contributed by atoms with Gasteiger partial charge in [0.15, 0.2) is 5.82 Å². The van der Waals surface area contributed by atoms with Crippen LogP contribution < -0.4 is 5.56 Å². The van der Waals surface area contributed by atoms with Crippen molar-refractivity contribution in [2.24, 2.45) is 0 Å². The van der Waals surface area contributed by atoms with E-state index in [1.54, 1.807) is 11.8 Å². The van der Waals surface area contributed by atoms with E-state index in [4.69, 9.17) is 4.74 Å². The third-order valence-corrected chi connectivity index (χ3v) is 6.26. The molecule has 1 N–H and O–H groups in total. The van der Waals surface area contributed by atoms with Gasteiger partial charge in [0.1, 0.15) is 6.04 Å². The minimum atomic E-state index is -0.320. The zero-order valence-electron chi connectivity index (χ0n) is 19.5. The molecule has 0 bridgehead atoms. The fourth-order valence-corrected chi connectivity index (χ4v) is 4.70. The summed E-state index contributed by atoms with van der Waals surface area (Å²) in [5.74, 6) is 0.681. The van der Waals surface area contributed by atoms with Crippen LogP contribution in [-0.2, 0) is 11.3 Å². The normalized spacial score (nSPS) is 16.6. The number of hydrogen-bond donors (Lipinski definition) is 1. The van der Waals surface area contributed by atoms with Crippen LogP contribution in [0.25, 0.3) is 10.9 Å². The van der Waals surface area contributed by atoms with E-state index < -0.39 is 0 Å². The number of aromatic nitrogens is 5. The van der Waals surface area contributed by atoms with E-state index in [0.717, 1.165) is 61.2 Å². The van der Waals surface area contributed by atoms with Crippen LogP contribution in [0.2, 0.25) is 0 Å². The smallest absolute Gasteiger partial charge is 0.253 e. The van der Waals surface area contributed by atoms with Gasteiger partial charge in [-0.3, -0.25) is 9.69 Å². The van der Waals surface area contributed by atoms with Crippen molar-refractivity contribution < 1.29 is 4.74 Å². The molecular weight excluding hydrogens is 406 g/mol. The number of H-pyrrole nitrogens is 1. The van der Waals surface area contributed by atoms with E-state index >= 15 is 0 Å². The first-order valence-electron chi connectivity index (χ1n) is 11.4. The Balaban J connectivity index is 1.79. The molecule has 0 unspecified atom stereocenters. The predicted octanol–water partition coefficient (Wildman–Crippen LogP) is 1.89. The van der Waals surface area contributed by atoms with Crippen molar-refractivity contribution in [2.45, 2.75) is 39.8 Å². The van der Waals surface area contributed by atoms with Crippen molar-refractivity contribution in [2.75, 3.05) is 46.4 Å². The van der Waals surface area contributed by atoms with Crippen LogP contribution in [0.1, 0.15) is 41.9 Å². The van der Waals surface area contributed by atoms with Gasteiger partial charge in [-0.25, -0.2) is 4.68 Å². The Morgan fingerprint density at radius 3 is 2.62 bits per heavy atom. The highest BCUT2D eigenvalue weighted by Gasteiger charge is 2.32. The van der Waals surface area contributed by atoms with Gasteiger partial charge >= 0.3 is 0 Å². The van der Waals surface area contributed by atoms with Crippen molar-refractivity contribution in [1.82, 2.24) is 35.0 Å². The summed E-state index contributed by atoms with van der Waals surface area (Å²) in [5, 5.41) is 13.6. The van der Waals surface area contributed by atoms with Crippen LogP contribution in [0.4, 0.5) is 0 Å². The highest BCUT2D eigenvalue weighted by molar-refractivity contribution is 5.83. The molecule has 1 saturated heterocycles. The first-order valence-corrected chi connectivity index (χ1v) is 11.4. The van der Waals surface area contributed by atoms with Crippen molar-refractivity contribution in [1.29, 1.82) is 0 Å². The quantitative estimate of drug-likeness (QED) is 0.573. The van der Waals surface area contributed by atoms with Gasteiger partial charge in [0, 0.05) is 49.8 Å². The lowest BCUT2D eigenvalue weighted by molar-refractivity contribution is 0.103. The minimum absolute atomic E-state index is 0.0928. The Morgan fingerprint density at radius 1 is 1.12 bits per heavy atom. The first-order chi connectivity index (χ1) is 15.5. The zero-order chi connectivity index (χ0) is 22.7. The van der Waals surface area contributed by atoms with Gasteiger partial charge in [-0.1, -0.05) is 13.0 Å². The molecule has 2 aromatic heterocycles. The Labute approximate surface area is 188 Å². The summed E-state index contributed by atoms with van der Waals surface area (Å²) in [6.45, 7) is 12.1. The molecular formula is C23H33N7O2. The fourth-order valence-electron chi connectivity index (χ4n) is 4.70. The number of hydrogen-bond acceptors (Lipinski definition) is 7. The number of aromatic amines is 1. The van der Waals surface area contributed by atoms with Crippen molar-refractivity contribution in [3.63, 3.8) is 0 Å². The number of methoxy groups -OCH3 is 1. The second kappa shape index (κ2) is 9.89. The third-order valence-electron chi connectivity index (χ3n) is 6.26. The monoisotopic (exact) mass is 439 g/mol. The average molecular weight is 440 g/mol. The molecule has 4 rings (SSSR count). The van der Waals surface area contributed by atoms with Gasteiger partial charge in [0.05, 0.1) is 13.2 Å². The minimum Gasteiger partial charge on any atom is -0.383 e. The molecule has 9 nitrogen and oxygen atoms in total. The Hall–Kier alpha value is -2.62. The number of pyridine rings is 1. The molecule has 0 radical (unpaired) electrons. The van der Waals surface area contributed by atoms with Gasteiger partial charge in [0.2, 0.25) is 0 Å². The summed E-state index contributed by atoms with van der Waals surface area (Å²) in [7, 11) is 1.66. The maximum absolute atomic E-state index is 13.3. The zero-order valence-corrected chi connectivity index (χ0v) is 19.5. The lowest BCUT2D eigenvalue weighted by Gasteiger charge is -2.38. The third kappa shape index (κ3) is 4.60. The largest absolute Gasteiger partial charge is 0.383 e.